The quantitative estimate of drug-likeness (QED) is 0.303. The first-order valence-corrected chi connectivity index (χ1v) is 16.3. The minimum atomic E-state index is -0.408. The van der Waals surface area contributed by atoms with Crippen LogP contribution >= 0.6 is 0 Å². The van der Waals surface area contributed by atoms with Crippen LogP contribution in [0.2, 0.25) is 0 Å². The maximum Gasteiger partial charge on any atom is 0.325 e. The van der Waals surface area contributed by atoms with Crippen LogP contribution in [0.3, 0.4) is 0 Å². The monoisotopic (exact) mass is 610 g/mol. The normalized spacial score (nSPS) is 23.1. The number of amides is 2. The molecule has 9 nitrogen and oxygen atoms in total. The molecule has 2 atom stereocenters. The lowest BCUT2D eigenvalue weighted by Gasteiger charge is -2.39. The van der Waals surface area contributed by atoms with Gasteiger partial charge in [0.2, 0.25) is 12.2 Å². The third kappa shape index (κ3) is 6.79. The van der Waals surface area contributed by atoms with Crippen molar-refractivity contribution in [2.75, 3.05) is 32.8 Å². The number of likely N-dealkylation sites (tertiary alicyclic amines) is 1. The fraction of sp³-hybridized carbons (Fsp3) is 0.444. The first kappa shape index (κ1) is 29.6. The molecule has 0 bridgehead atoms. The van der Waals surface area contributed by atoms with Crippen LogP contribution in [0.25, 0.3) is 0 Å². The van der Waals surface area contributed by atoms with Gasteiger partial charge < -0.3 is 28.7 Å². The summed E-state index contributed by atoms with van der Waals surface area (Å²) in [7, 11) is 0. The van der Waals surface area contributed by atoms with E-state index in [0.29, 0.717) is 18.2 Å². The standard InChI is InChI=1S/C36H42N4O5/c1-26-29(12-13-33(37-26)44-35-25-43-34(45-35)22-27-8-4-2-5-9-27)23-38-18-14-31(15-19-38)40-32(28-10-6-3-7-11-28)24-39(36(40)41)30-16-20-42-21-17-30/h2-13,25,30-32,34H,14-24H2,1H3/t32-,34?/m0/s1. The summed E-state index contributed by atoms with van der Waals surface area (Å²) in [5.41, 5.74) is 4.47. The molecule has 1 aromatic heterocycles. The van der Waals surface area contributed by atoms with Crippen molar-refractivity contribution in [1.29, 1.82) is 0 Å². The van der Waals surface area contributed by atoms with Crippen LogP contribution in [0.4, 0.5) is 4.79 Å². The van der Waals surface area contributed by atoms with E-state index in [0.717, 1.165) is 76.3 Å². The van der Waals surface area contributed by atoms with E-state index in [1.807, 2.05) is 49.4 Å². The van der Waals surface area contributed by atoms with Crippen LogP contribution in [0.5, 0.6) is 5.88 Å². The van der Waals surface area contributed by atoms with Crippen molar-refractivity contribution in [2.24, 2.45) is 0 Å². The molecule has 1 unspecified atom stereocenters. The van der Waals surface area contributed by atoms with Crippen molar-refractivity contribution >= 4 is 6.03 Å². The Morgan fingerprint density at radius 3 is 2.36 bits per heavy atom. The Balaban J connectivity index is 0.939. The molecule has 3 fully saturated rings. The fourth-order valence-electron chi connectivity index (χ4n) is 7.04. The van der Waals surface area contributed by atoms with E-state index in [2.05, 4.69) is 45.0 Å². The molecule has 4 aliphatic rings. The first-order chi connectivity index (χ1) is 22.1. The second kappa shape index (κ2) is 13.5. The largest absolute Gasteiger partial charge is 0.455 e. The Hall–Kier alpha value is -4.08. The lowest BCUT2D eigenvalue weighted by atomic mass is 9.98. The number of ether oxygens (including phenoxy) is 4. The van der Waals surface area contributed by atoms with Crippen LogP contribution in [0.15, 0.2) is 85.0 Å². The topological polar surface area (TPSA) is 76.6 Å². The Morgan fingerprint density at radius 1 is 0.889 bits per heavy atom. The maximum absolute atomic E-state index is 13.9. The molecule has 45 heavy (non-hydrogen) atoms. The van der Waals surface area contributed by atoms with Crippen LogP contribution in [-0.4, -0.2) is 76.9 Å². The van der Waals surface area contributed by atoms with E-state index in [9.17, 15) is 4.79 Å². The first-order valence-electron chi connectivity index (χ1n) is 16.3. The summed E-state index contributed by atoms with van der Waals surface area (Å²) in [5.74, 6) is 0.803. The highest BCUT2D eigenvalue weighted by Gasteiger charge is 2.45. The Bertz CT molecular complexity index is 1470. The molecule has 2 amide bonds. The zero-order valence-corrected chi connectivity index (χ0v) is 25.9. The molecule has 236 valence electrons. The van der Waals surface area contributed by atoms with E-state index in [1.54, 1.807) is 0 Å². The van der Waals surface area contributed by atoms with Crippen molar-refractivity contribution in [1.82, 2.24) is 19.7 Å². The van der Waals surface area contributed by atoms with Gasteiger partial charge in [0.15, 0.2) is 6.26 Å². The highest BCUT2D eigenvalue weighted by atomic mass is 16.8. The molecule has 9 heteroatoms. The highest BCUT2D eigenvalue weighted by molar-refractivity contribution is 5.78. The lowest BCUT2D eigenvalue weighted by Crippen LogP contribution is -2.48. The van der Waals surface area contributed by atoms with Gasteiger partial charge in [-0.2, -0.15) is 0 Å². The Kier molecular flexibility index (Phi) is 8.89. The summed E-state index contributed by atoms with van der Waals surface area (Å²) in [6, 6.07) is 25.4. The van der Waals surface area contributed by atoms with Gasteiger partial charge in [-0.05, 0) is 49.3 Å². The van der Waals surface area contributed by atoms with E-state index in [4.69, 9.17) is 23.9 Å². The number of nitrogens with zero attached hydrogens (tertiary/aromatic N) is 4. The number of carbonyl (C=O) groups excluding carboxylic acids is 1. The number of carbonyl (C=O) groups is 1. The van der Waals surface area contributed by atoms with E-state index >= 15 is 0 Å². The van der Waals surface area contributed by atoms with E-state index in [-0.39, 0.29) is 24.2 Å². The number of benzene rings is 2. The molecular formula is C36H42N4O5. The molecule has 0 spiro atoms. The molecule has 2 aromatic carbocycles. The van der Waals surface area contributed by atoms with Crippen molar-refractivity contribution in [3.05, 3.63) is 107 Å². The smallest absolute Gasteiger partial charge is 0.325 e. The molecule has 3 saturated heterocycles. The minimum Gasteiger partial charge on any atom is -0.455 e. The number of hydrogen-bond acceptors (Lipinski definition) is 7. The molecule has 0 saturated carbocycles. The SMILES string of the molecule is Cc1nc(OC2=COC(Cc3ccccc3)O2)ccc1CN1CCC(N2C(=O)N(C3CCOCC3)C[C@H]2c2ccccc2)CC1. The molecule has 0 radical (unpaired) electrons. The van der Waals surface area contributed by atoms with Crippen molar-refractivity contribution in [3.63, 3.8) is 0 Å². The molecule has 3 aromatic rings. The predicted octanol–water partition coefficient (Wildman–Crippen LogP) is 5.81. The number of pyridine rings is 1. The highest BCUT2D eigenvalue weighted by Crippen LogP contribution is 2.37. The van der Waals surface area contributed by atoms with Gasteiger partial charge in [-0.15, -0.1) is 0 Å². The van der Waals surface area contributed by atoms with Gasteiger partial charge >= 0.3 is 12.0 Å². The second-order valence-corrected chi connectivity index (χ2v) is 12.4. The van der Waals surface area contributed by atoms with Crippen LogP contribution in [-0.2, 0) is 27.2 Å². The van der Waals surface area contributed by atoms with Crippen LogP contribution in [0.1, 0.15) is 54.1 Å². The summed E-state index contributed by atoms with van der Waals surface area (Å²) in [6.45, 7) is 6.94. The number of urea groups is 1. The number of aromatic nitrogens is 1. The third-order valence-electron chi connectivity index (χ3n) is 9.52. The average molecular weight is 611 g/mol. The summed E-state index contributed by atoms with van der Waals surface area (Å²) in [4.78, 5) is 25.4. The van der Waals surface area contributed by atoms with E-state index < -0.39 is 6.29 Å². The third-order valence-corrected chi connectivity index (χ3v) is 9.52. The molecular weight excluding hydrogens is 568 g/mol. The van der Waals surface area contributed by atoms with Crippen molar-refractivity contribution in [3.8, 4) is 5.88 Å². The van der Waals surface area contributed by atoms with Gasteiger partial charge in [0.1, 0.15) is 0 Å². The van der Waals surface area contributed by atoms with Crippen LogP contribution in [0, 0.1) is 6.92 Å². The molecule has 0 aliphatic carbocycles. The number of piperidine rings is 1. The summed E-state index contributed by atoms with van der Waals surface area (Å²) < 4.78 is 23.0. The second-order valence-electron chi connectivity index (χ2n) is 12.4. The zero-order valence-electron chi connectivity index (χ0n) is 25.9. The maximum atomic E-state index is 13.9. The number of rotatable bonds is 9. The van der Waals surface area contributed by atoms with Gasteiger partial charge in [-0.1, -0.05) is 66.7 Å². The Labute approximate surface area is 265 Å². The lowest BCUT2D eigenvalue weighted by molar-refractivity contribution is -0.0525. The number of hydrogen-bond donors (Lipinski definition) is 0. The molecule has 5 heterocycles. The van der Waals surface area contributed by atoms with Gasteiger partial charge in [-0.25, -0.2) is 9.78 Å². The van der Waals surface area contributed by atoms with E-state index in [1.165, 1.54) is 17.4 Å². The van der Waals surface area contributed by atoms with Gasteiger partial charge in [0.25, 0.3) is 0 Å². The predicted molar refractivity (Wildman–Crippen MR) is 169 cm³/mol. The average Bonchev–Trinajstić information content (AvgIpc) is 3.67. The molecule has 7 rings (SSSR count). The zero-order chi connectivity index (χ0) is 30.6. The van der Waals surface area contributed by atoms with Gasteiger partial charge in [-0.3, -0.25) is 4.90 Å². The van der Waals surface area contributed by atoms with Gasteiger partial charge in [0.05, 0.1) is 6.04 Å². The van der Waals surface area contributed by atoms with Crippen molar-refractivity contribution < 1.29 is 23.7 Å². The summed E-state index contributed by atoms with van der Waals surface area (Å²) in [6.07, 6.45) is 5.50. The Morgan fingerprint density at radius 2 is 1.62 bits per heavy atom. The fourth-order valence-corrected chi connectivity index (χ4v) is 7.04. The summed E-state index contributed by atoms with van der Waals surface area (Å²) >= 11 is 0. The number of aryl methyl sites for hydroxylation is 1. The van der Waals surface area contributed by atoms with Gasteiger partial charge in [0, 0.05) is 69.7 Å². The summed E-state index contributed by atoms with van der Waals surface area (Å²) in [5, 5.41) is 0. The molecule has 0 N–H and O–H groups in total. The van der Waals surface area contributed by atoms with Crippen molar-refractivity contribution in [2.45, 2.75) is 70.0 Å². The minimum absolute atomic E-state index is 0.0927. The molecule has 4 aliphatic heterocycles. The van der Waals surface area contributed by atoms with Crippen LogP contribution < -0.4 is 4.74 Å².